The minimum atomic E-state index is -0.238. The molecule has 1 aromatic carbocycles. The zero-order valence-electron chi connectivity index (χ0n) is 9.89. The number of nitrogens with one attached hydrogen (secondary N) is 1. The van der Waals surface area contributed by atoms with Crippen molar-refractivity contribution in [2.24, 2.45) is 0 Å². The summed E-state index contributed by atoms with van der Waals surface area (Å²) in [5.74, 6) is 0. The topological polar surface area (TPSA) is 56.0 Å². The summed E-state index contributed by atoms with van der Waals surface area (Å²) in [6, 6.07) is 9.97. The maximum Gasteiger partial charge on any atom is 0.0995 e. The van der Waals surface area contributed by atoms with Crippen LogP contribution in [-0.4, -0.2) is 17.3 Å². The summed E-state index contributed by atoms with van der Waals surface area (Å²) in [5, 5.41) is 22.2. The zero-order chi connectivity index (χ0) is 12.1. The van der Waals surface area contributed by atoms with Gasteiger partial charge in [-0.05, 0) is 24.5 Å². The average Bonchev–Trinajstić information content (AvgIpc) is 2.38. The zero-order valence-corrected chi connectivity index (χ0v) is 9.89. The molecule has 3 nitrogen and oxygen atoms in total. The lowest BCUT2D eigenvalue weighted by Gasteiger charge is -2.28. The summed E-state index contributed by atoms with van der Waals surface area (Å²) in [7, 11) is 0. The van der Waals surface area contributed by atoms with Gasteiger partial charge in [-0.2, -0.15) is 5.26 Å². The molecule has 1 aliphatic carbocycles. The lowest BCUT2D eigenvalue weighted by Crippen LogP contribution is -2.41. The van der Waals surface area contributed by atoms with Crippen LogP contribution < -0.4 is 5.32 Å². The molecule has 1 fully saturated rings. The van der Waals surface area contributed by atoms with Crippen LogP contribution in [0.3, 0.4) is 0 Å². The molecule has 3 heteroatoms. The van der Waals surface area contributed by atoms with E-state index in [4.69, 9.17) is 5.26 Å². The highest BCUT2D eigenvalue weighted by Crippen LogP contribution is 2.19. The minimum absolute atomic E-state index is 0.176. The van der Waals surface area contributed by atoms with Crippen molar-refractivity contribution in [1.29, 1.82) is 5.26 Å². The molecule has 0 radical (unpaired) electrons. The van der Waals surface area contributed by atoms with Crippen molar-refractivity contribution in [2.75, 3.05) is 0 Å². The Hall–Kier alpha value is -1.37. The first-order valence-electron chi connectivity index (χ1n) is 6.20. The molecule has 1 aliphatic rings. The molecule has 2 unspecified atom stereocenters. The molecular formula is C14H18N2O. The van der Waals surface area contributed by atoms with Gasteiger partial charge in [0.15, 0.2) is 0 Å². The number of nitrogens with zero attached hydrogens (tertiary/aromatic N) is 1. The molecule has 90 valence electrons. The van der Waals surface area contributed by atoms with Crippen LogP contribution in [0, 0.1) is 11.3 Å². The van der Waals surface area contributed by atoms with Crippen LogP contribution >= 0.6 is 0 Å². The summed E-state index contributed by atoms with van der Waals surface area (Å²) < 4.78 is 0. The lowest BCUT2D eigenvalue weighted by atomic mass is 9.92. The van der Waals surface area contributed by atoms with Gasteiger partial charge in [0.2, 0.25) is 0 Å². The monoisotopic (exact) mass is 230 g/mol. The van der Waals surface area contributed by atoms with Gasteiger partial charge in [-0.15, -0.1) is 0 Å². The Morgan fingerprint density at radius 2 is 2.06 bits per heavy atom. The highest BCUT2D eigenvalue weighted by molar-refractivity contribution is 5.37. The molecular weight excluding hydrogens is 212 g/mol. The first kappa shape index (κ1) is 12.1. The summed E-state index contributed by atoms with van der Waals surface area (Å²) in [6.45, 7) is 0.658. The molecule has 1 saturated carbocycles. The van der Waals surface area contributed by atoms with Crippen molar-refractivity contribution >= 4 is 0 Å². The van der Waals surface area contributed by atoms with Gasteiger partial charge in [0.1, 0.15) is 0 Å². The van der Waals surface area contributed by atoms with Crippen LogP contribution in [0.5, 0.6) is 0 Å². The van der Waals surface area contributed by atoms with Crippen LogP contribution in [0.1, 0.15) is 36.8 Å². The van der Waals surface area contributed by atoms with E-state index >= 15 is 0 Å². The third kappa shape index (κ3) is 3.06. The standard InChI is InChI=1S/C14H18N2O/c15-9-11-5-1-2-6-12(11)10-16-13-7-3-4-8-14(13)17/h1-2,5-6,13-14,16-17H,3-4,7-8,10H2. The van der Waals surface area contributed by atoms with Crippen molar-refractivity contribution < 1.29 is 5.11 Å². The number of hydrogen-bond acceptors (Lipinski definition) is 3. The largest absolute Gasteiger partial charge is 0.392 e. The molecule has 0 amide bonds. The Labute approximate surface area is 102 Å². The van der Waals surface area contributed by atoms with E-state index in [1.807, 2.05) is 24.3 Å². The number of benzene rings is 1. The first-order valence-corrected chi connectivity index (χ1v) is 6.20. The van der Waals surface area contributed by atoms with E-state index < -0.39 is 0 Å². The Kier molecular flexibility index (Phi) is 4.13. The predicted molar refractivity (Wildman–Crippen MR) is 66.3 cm³/mol. The fourth-order valence-electron chi connectivity index (χ4n) is 2.37. The van der Waals surface area contributed by atoms with Gasteiger partial charge >= 0.3 is 0 Å². The van der Waals surface area contributed by atoms with Crippen LogP contribution in [0.25, 0.3) is 0 Å². The van der Waals surface area contributed by atoms with Crippen molar-refractivity contribution in [3.05, 3.63) is 35.4 Å². The van der Waals surface area contributed by atoms with Crippen LogP contribution in [-0.2, 0) is 6.54 Å². The molecule has 0 aliphatic heterocycles. The number of nitriles is 1. The Morgan fingerprint density at radius 1 is 1.29 bits per heavy atom. The third-order valence-electron chi connectivity index (χ3n) is 3.42. The van der Waals surface area contributed by atoms with E-state index in [0.717, 1.165) is 24.8 Å². The molecule has 17 heavy (non-hydrogen) atoms. The highest BCUT2D eigenvalue weighted by atomic mass is 16.3. The SMILES string of the molecule is N#Cc1ccccc1CNC1CCCCC1O. The number of aliphatic hydroxyl groups is 1. The van der Waals surface area contributed by atoms with Crippen LogP contribution in [0.2, 0.25) is 0 Å². The molecule has 0 heterocycles. The number of rotatable bonds is 3. The van der Waals surface area contributed by atoms with Crippen molar-refractivity contribution in [1.82, 2.24) is 5.32 Å². The van der Waals surface area contributed by atoms with Gasteiger partial charge in [-0.25, -0.2) is 0 Å². The second-order valence-corrected chi connectivity index (χ2v) is 4.61. The molecule has 0 spiro atoms. The molecule has 2 atom stereocenters. The van der Waals surface area contributed by atoms with Crippen molar-refractivity contribution in [3.8, 4) is 6.07 Å². The van der Waals surface area contributed by atoms with E-state index in [0.29, 0.717) is 12.1 Å². The van der Waals surface area contributed by atoms with Gasteiger partial charge in [0, 0.05) is 12.6 Å². The lowest BCUT2D eigenvalue weighted by molar-refractivity contribution is 0.0902. The minimum Gasteiger partial charge on any atom is -0.392 e. The predicted octanol–water partition coefficient (Wildman–Crippen LogP) is 1.95. The third-order valence-corrected chi connectivity index (χ3v) is 3.42. The molecule has 1 aromatic rings. The van der Waals surface area contributed by atoms with Crippen molar-refractivity contribution in [3.63, 3.8) is 0 Å². The molecule has 0 bridgehead atoms. The van der Waals surface area contributed by atoms with E-state index in [1.165, 1.54) is 6.42 Å². The molecule has 0 saturated heterocycles. The van der Waals surface area contributed by atoms with Crippen molar-refractivity contribution in [2.45, 2.75) is 44.4 Å². The molecule has 0 aromatic heterocycles. The normalized spacial score (nSPS) is 24.2. The number of hydrogen-bond donors (Lipinski definition) is 2. The Morgan fingerprint density at radius 3 is 2.82 bits per heavy atom. The van der Waals surface area contributed by atoms with Crippen LogP contribution in [0.4, 0.5) is 0 Å². The van der Waals surface area contributed by atoms with E-state index in [2.05, 4.69) is 11.4 Å². The Bertz CT molecular complexity index is 411. The second kappa shape index (κ2) is 5.81. The van der Waals surface area contributed by atoms with Gasteiger partial charge in [-0.3, -0.25) is 0 Å². The van der Waals surface area contributed by atoms with Gasteiger partial charge < -0.3 is 10.4 Å². The van der Waals surface area contributed by atoms with E-state index in [-0.39, 0.29) is 12.1 Å². The fraction of sp³-hybridized carbons (Fsp3) is 0.500. The highest BCUT2D eigenvalue weighted by Gasteiger charge is 2.22. The number of aliphatic hydroxyl groups excluding tert-OH is 1. The van der Waals surface area contributed by atoms with Crippen LogP contribution in [0.15, 0.2) is 24.3 Å². The summed E-state index contributed by atoms with van der Waals surface area (Å²) in [5.41, 5.74) is 1.72. The maximum atomic E-state index is 9.85. The second-order valence-electron chi connectivity index (χ2n) is 4.61. The average molecular weight is 230 g/mol. The maximum absolute atomic E-state index is 9.85. The summed E-state index contributed by atoms with van der Waals surface area (Å²) >= 11 is 0. The fourth-order valence-corrected chi connectivity index (χ4v) is 2.37. The van der Waals surface area contributed by atoms with E-state index in [1.54, 1.807) is 0 Å². The van der Waals surface area contributed by atoms with Gasteiger partial charge in [-0.1, -0.05) is 31.0 Å². The van der Waals surface area contributed by atoms with Gasteiger partial charge in [0.25, 0.3) is 0 Å². The Balaban J connectivity index is 1.95. The molecule has 2 N–H and O–H groups in total. The summed E-state index contributed by atoms with van der Waals surface area (Å²) in [6.07, 6.45) is 3.97. The first-order chi connectivity index (χ1) is 8.31. The molecule has 2 rings (SSSR count). The van der Waals surface area contributed by atoms with E-state index in [9.17, 15) is 5.11 Å². The smallest absolute Gasteiger partial charge is 0.0995 e. The quantitative estimate of drug-likeness (QED) is 0.834. The summed E-state index contributed by atoms with van der Waals surface area (Å²) in [4.78, 5) is 0. The van der Waals surface area contributed by atoms with Gasteiger partial charge in [0.05, 0.1) is 17.7 Å².